The van der Waals surface area contributed by atoms with Crippen LogP contribution in [0.3, 0.4) is 0 Å². The van der Waals surface area contributed by atoms with E-state index in [1.165, 1.54) is 0 Å². The Kier molecular flexibility index (Phi) is 3.80. The molecule has 0 aliphatic carbocycles. The average molecular weight is 290 g/mol. The van der Waals surface area contributed by atoms with Gasteiger partial charge < -0.3 is 0 Å². The van der Waals surface area contributed by atoms with E-state index in [4.69, 9.17) is 11.6 Å². The Labute approximate surface area is 102 Å². The summed E-state index contributed by atoms with van der Waals surface area (Å²) in [6.45, 7) is 0. The summed E-state index contributed by atoms with van der Waals surface area (Å²) in [6.07, 6.45) is -5.79. The van der Waals surface area contributed by atoms with E-state index in [0.717, 1.165) is 24.3 Å². The predicted octanol–water partition coefficient (Wildman–Crippen LogP) is 4.07. The number of halogens is 6. The number of nitrogens with zero attached hydrogens (tertiary/aromatic N) is 1. The van der Waals surface area contributed by atoms with Gasteiger partial charge in [-0.1, -0.05) is 12.1 Å². The minimum absolute atomic E-state index is 0.432. The second kappa shape index (κ2) is 4.68. The Bertz CT molecular complexity index is 445. The monoisotopic (exact) mass is 289 g/mol. The Morgan fingerprint density at radius 3 is 1.89 bits per heavy atom. The van der Waals surface area contributed by atoms with E-state index in [-0.39, 0.29) is 0 Å². The normalized spacial score (nSPS) is 14.3. The van der Waals surface area contributed by atoms with Gasteiger partial charge in [0.25, 0.3) is 5.69 Å². The molecule has 3 nitrogen and oxygen atoms in total. The number of non-ortho nitro benzene ring substituents is 1. The number of hydrogen-bond acceptors (Lipinski definition) is 2. The summed E-state index contributed by atoms with van der Waals surface area (Å²) in [6, 6.07) is 3.12. The maximum atomic E-state index is 12.9. The van der Waals surface area contributed by atoms with Gasteiger partial charge in [-0.15, -0.1) is 11.6 Å². The predicted molar refractivity (Wildman–Crippen MR) is 52.7 cm³/mol. The molecule has 0 amide bonds. The van der Waals surface area contributed by atoms with Crippen LogP contribution in [0.5, 0.6) is 0 Å². The molecule has 0 N–H and O–H groups in total. The highest BCUT2D eigenvalue weighted by Gasteiger charge is 2.62. The third-order valence-electron chi connectivity index (χ3n) is 2.09. The van der Waals surface area contributed by atoms with Crippen LogP contribution in [0.4, 0.5) is 27.6 Å². The van der Waals surface area contributed by atoms with Crippen molar-refractivity contribution in [1.82, 2.24) is 0 Å². The number of alkyl halides is 6. The van der Waals surface area contributed by atoms with Crippen molar-refractivity contribution in [2.45, 2.75) is 17.5 Å². The van der Waals surface area contributed by atoms with Crippen molar-refractivity contribution in [2.75, 3.05) is 0 Å². The standard InChI is InChI=1S/C9H5ClF5NO2/c10-7(8(11,12)9(13,14)15)5-1-3-6(4-2-5)16(17)18/h1-4,7H. The van der Waals surface area contributed by atoms with Crippen LogP contribution >= 0.6 is 11.6 Å². The van der Waals surface area contributed by atoms with Gasteiger partial charge in [0.1, 0.15) is 5.38 Å². The highest BCUT2D eigenvalue weighted by Crippen LogP contribution is 2.47. The van der Waals surface area contributed by atoms with Crippen LogP contribution in [0.2, 0.25) is 0 Å². The Hall–Kier alpha value is -1.44. The van der Waals surface area contributed by atoms with Gasteiger partial charge in [0, 0.05) is 12.1 Å². The third kappa shape index (κ3) is 2.69. The van der Waals surface area contributed by atoms with Crippen LogP contribution in [0.25, 0.3) is 0 Å². The number of rotatable bonds is 3. The second-order valence-electron chi connectivity index (χ2n) is 3.33. The van der Waals surface area contributed by atoms with E-state index < -0.39 is 33.7 Å². The van der Waals surface area contributed by atoms with Crippen molar-refractivity contribution in [1.29, 1.82) is 0 Å². The van der Waals surface area contributed by atoms with E-state index in [2.05, 4.69) is 0 Å². The fourth-order valence-electron chi connectivity index (χ4n) is 1.12. The van der Waals surface area contributed by atoms with Crippen molar-refractivity contribution in [3.05, 3.63) is 39.9 Å². The summed E-state index contributed by atoms with van der Waals surface area (Å²) in [5.41, 5.74) is -0.984. The van der Waals surface area contributed by atoms with Crippen LogP contribution in [-0.4, -0.2) is 17.0 Å². The molecule has 0 spiro atoms. The van der Waals surface area contributed by atoms with Gasteiger partial charge in [0.15, 0.2) is 0 Å². The fourth-order valence-corrected chi connectivity index (χ4v) is 1.39. The zero-order chi connectivity index (χ0) is 14.1. The molecule has 9 heteroatoms. The minimum Gasteiger partial charge on any atom is -0.258 e. The van der Waals surface area contributed by atoms with Gasteiger partial charge in [0.05, 0.1) is 4.92 Å². The van der Waals surface area contributed by atoms with E-state index >= 15 is 0 Å². The topological polar surface area (TPSA) is 43.1 Å². The molecule has 1 aromatic rings. The molecule has 0 aliphatic rings. The van der Waals surface area contributed by atoms with E-state index in [9.17, 15) is 32.1 Å². The second-order valence-corrected chi connectivity index (χ2v) is 3.77. The van der Waals surface area contributed by atoms with Crippen LogP contribution < -0.4 is 0 Å². The molecule has 0 aliphatic heterocycles. The lowest BCUT2D eigenvalue weighted by atomic mass is 10.1. The van der Waals surface area contributed by atoms with Gasteiger partial charge in [-0.25, -0.2) is 0 Å². The molecule has 1 aromatic carbocycles. The van der Waals surface area contributed by atoms with Gasteiger partial charge >= 0.3 is 12.1 Å². The Morgan fingerprint density at radius 1 is 1.11 bits per heavy atom. The number of nitro groups is 1. The molecule has 0 saturated heterocycles. The molecule has 1 unspecified atom stereocenters. The largest absolute Gasteiger partial charge is 0.455 e. The van der Waals surface area contributed by atoms with Crippen molar-refractivity contribution < 1.29 is 26.9 Å². The first-order valence-electron chi connectivity index (χ1n) is 4.40. The highest BCUT2D eigenvalue weighted by atomic mass is 35.5. The zero-order valence-electron chi connectivity index (χ0n) is 8.42. The lowest BCUT2D eigenvalue weighted by Gasteiger charge is -2.24. The Balaban J connectivity index is 3.04. The Morgan fingerprint density at radius 2 is 1.56 bits per heavy atom. The molecule has 18 heavy (non-hydrogen) atoms. The molecule has 0 aromatic heterocycles. The van der Waals surface area contributed by atoms with Crippen molar-refractivity contribution in [3.8, 4) is 0 Å². The maximum Gasteiger partial charge on any atom is 0.455 e. The molecule has 0 fully saturated rings. The van der Waals surface area contributed by atoms with E-state index in [1.807, 2.05) is 0 Å². The lowest BCUT2D eigenvalue weighted by Crippen LogP contribution is -2.40. The molecule has 0 radical (unpaired) electrons. The quantitative estimate of drug-likeness (QED) is 0.364. The molecule has 1 rings (SSSR count). The first-order valence-corrected chi connectivity index (χ1v) is 4.84. The molecular weight excluding hydrogens is 285 g/mol. The summed E-state index contributed by atoms with van der Waals surface area (Å²) in [4.78, 5) is 9.47. The van der Waals surface area contributed by atoms with Crippen molar-refractivity contribution >= 4 is 17.3 Å². The van der Waals surface area contributed by atoms with Crippen molar-refractivity contribution in [3.63, 3.8) is 0 Å². The lowest BCUT2D eigenvalue weighted by molar-refractivity contribution is -0.384. The fraction of sp³-hybridized carbons (Fsp3) is 0.333. The summed E-state index contributed by atoms with van der Waals surface area (Å²) in [5.74, 6) is -5.12. The van der Waals surface area contributed by atoms with Crippen molar-refractivity contribution in [2.24, 2.45) is 0 Å². The first kappa shape index (κ1) is 14.6. The molecular formula is C9H5ClF5NO2. The van der Waals surface area contributed by atoms with Gasteiger partial charge in [-0.05, 0) is 5.56 Å². The maximum absolute atomic E-state index is 12.9. The van der Waals surface area contributed by atoms with E-state index in [0.29, 0.717) is 0 Å². The molecule has 100 valence electrons. The first-order chi connectivity index (χ1) is 8.07. The van der Waals surface area contributed by atoms with E-state index in [1.54, 1.807) is 0 Å². The average Bonchev–Trinajstić information content (AvgIpc) is 2.26. The molecule has 0 saturated carbocycles. The van der Waals surface area contributed by atoms with Gasteiger partial charge in [-0.3, -0.25) is 10.1 Å². The highest BCUT2D eigenvalue weighted by molar-refractivity contribution is 6.21. The number of nitro benzene ring substituents is 1. The minimum atomic E-state index is -5.79. The smallest absolute Gasteiger partial charge is 0.258 e. The van der Waals surface area contributed by atoms with Gasteiger partial charge in [0.2, 0.25) is 0 Å². The molecule has 0 heterocycles. The summed E-state index contributed by atoms with van der Waals surface area (Å²) in [7, 11) is 0. The van der Waals surface area contributed by atoms with Crippen LogP contribution in [-0.2, 0) is 0 Å². The molecule has 1 atom stereocenters. The number of hydrogen-bond donors (Lipinski definition) is 0. The third-order valence-corrected chi connectivity index (χ3v) is 2.62. The van der Waals surface area contributed by atoms with Crippen LogP contribution in [0, 0.1) is 10.1 Å². The summed E-state index contributed by atoms with van der Waals surface area (Å²) < 4.78 is 61.9. The number of benzene rings is 1. The SMILES string of the molecule is O=[N+]([O-])c1ccc(C(Cl)C(F)(F)C(F)(F)F)cc1. The zero-order valence-corrected chi connectivity index (χ0v) is 9.17. The summed E-state index contributed by atoms with van der Waals surface area (Å²) >= 11 is 5.07. The summed E-state index contributed by atoms with van der Waals surface area (Å²) in [5, 5.41) is 7.64. The van der Waals surface area contributed by atoms with Crippen LogP contribution in [0.1, 0.15) is 10.9 Å². The molecule has 0 bridgehead atoms. The van der Waals surface area contributed by atoms with Gasteiger partial charge in [-0.2, -0.15) is 22.0 Å². The van der Waals surface area contributed by atoms with Crippen LogP contribution in [0.15, 0.2) is 24.3 Å².